The molecule has 5 nitrogen and oxygen atoms in total. The predicted octanol–water partition coefficient (Wildman–Crippen LogP) is 5.58. The number of aromatic carboxylic acids is 1. The Hall–Kier alpha value is -2.81. The molecule has 0 aromatic heterocycles. The lowest BCUT2D eigenvalue weighted by atomic mass is 9.62. The van der Waals surface area contributed by atoms with Crippen LogP contribution < -0.4 is 4.74 Å². The van der Waals surface area contributed by atoms with Gasteiger partial charge < -0.3 is 19.7 Å². The molecular formula is C28H34O5. The number of carbonyl (C=O) groups is 1. The summed E-state index contributed by atoms with van der Waals surface area (Å²) in [5, 5.41) is 20.0. The Kier molecular flexibility index (Phi) is 7.21. The van der Waals surface area contributed by atoms with Gasteiger partial charge in [0, 0.05) is 17.7 Å². The molecule has 0 radical (unpaired) electrons. The molecule has 0 spiro atoms. The second-order valence-electron chi connectivity index (χ2n) is 9.90. The summed E-state index contributed by atoms with van der Waals surface area (Å²) in [4.78, 5) is 11.0. The Morgan fingerprint density at radius 1 is 1.09 bits per heavy atom. The highest BCUT2D eigenvalue weighted by Crippen LogP contribution is 2.50. The first kappa shape index (κ1) is 24.8. The summed E-state index contributed by atoms with van der Waals surface area (Å²) < 4.78 is 11.9. The minimum absolute atomic E-state index is 0.0619. The van der Waals surface area contributed by atoms with Crippen molar-refractivity contribution in [3.63, 3.8) is 0 Å². The van der Waals surface area contributed by atoms with Gasteiger partial charge in [0.1, 0.15) is 11.9 Å². The minimum atomic E-state index is -1.01. The van der Waals surface area contributed by atoms with Gasteiger partial charge in [-0.2, -0.15) is 0 Å². The van der Waals surface area contributed by atoms with E-state index in [9.17, 15) is 9.90 Å². The van der Waals surface area contributed by atoms with Crippen LogP contribution >= 0.6 is 0 Å². The summed E-state index contributed by atoms with van der Waals surface area (Å²) in [6.07, 6.45) is 0.654. The average molecular weight is 451 g/mol. The number of hydrogen-bond donors (Lipinski definition) is 2. The van der Waals surface area contributed by atoms with Crippen LogP contribution in [0.1, 0.15) is 93.1 Å². The maximum atomic E-state index is 11.0. The van der Waals surface area contributed by atoms with Gasteiger partial charge in [0.05, 0.1) is 5.56 Å². The van der Waals surface area contributed by atoms with E-state index < -0.39 is 18.4 Å². The lowest BCUT2D eigenvalue weighted by molar-refractivity contribution is -0.0625. The minimum Gasteiger partial charge on any atom is -0.478 e. The number of aliphatic hydroxyl groups excluding tert-OH is 1. The molecule has 5 heteroatoms. The van der Waals surface area contributed by atoms with E-state index in [1.165, 1.54) is 23.3 Å². The predicted molar refractivity (Wildman–Crippen MR) is 129 cm³/mol. The van der Waals surface area contributed by atoms with Crippen molar-refractivity contribution in [1.82, 2.24) is 0 Å². The highest BCUT2D eigenvalue weighted by molar-refractivity contribution is 5.87. The third-order valence-corrected chi connectivity index (χ3v) is 6.40. The number of fused-ring (bicyclic) bond motifs is 1. The van der Waals surface area contributed by atoms with E-state index >= 15 is 0 Å². The molecule has 0 amide bonds. The maximum absolute atomic E-state index is 11.0. The van der Waals surface area contributed by atoms with Crippen molar-refractivity contribution >= 4 is 5.97 Å². The SMILES string of the molecule is CCOC(C)Oc1cc(C(O)C#Cc2ccc(C(=O)O)cc2)cc2c1C(C)(C)CCC2(C)C. The van der Waals surface area contributed by atoms with E-state index in [-0.39, 0.29) is 16.4 Å². The lowest BCUT2D eigenvalue weighted by Crippen LogP contribution is -2.35. The first-order chi connectivity index (χ1) is 15.4. The molecule has 1 aliphatic carbocycles. The van der Waals surface area contributed by atoms with E-state index in [0.29, 0.717) is 17.7 Å². The fourth-order valence-electron chi connectivity index (χ4n) is 4.38. The van der Waals surface area contributed by atoms with Crippen molar-refractivity contribution in [2.45, 2.75) is 77.6 Å². The Balaban J connectivity index is 2.03. The number of benzene rings is 2. The van der Waals surface area contributed by atoms with Gasteiger partial charge in [-0.25, -0.2) is 4.79 Å². The van der Waals surface area contributed by atoms with Crippen molar-refractivity contribution in [3.05, 3.63) is 64.2 Å². The monoisotopic (exact) mass is 450 g/mol. The topological polar surface area (TPSA) is 76.0 Å². The molecule has 0 saturated heterocycles. The molecule has 0 bridgehead atoms. The van der Waals surface area contributed by atoms with E-state index in [1.807, 2.05) is 19.9 Å². The summed E-state index contributed by atoms with van der Waals surface area (Å²) in [5.41, 5.74) is 3.72. The average Bonchev–Trinajstić information content (AvgIpc) is 2.75. The van der Waals surface area contributed by atoms with Gasteiger partial charge in [0.2, 0.25) is 0 Å². The van der Waals surface area contributed by atoms with Gasteiger partial charge in [-0.05, 0) is 79.0 Å². The molecule has 2 atom stereocenters. The Bertz CT molecular complexity index is 1070. The number of ether oxygens (including phenoxy) is 2. The molecule has 0 saturated carbocycles. The van der Waals surface area contributed by atoms with Crippen LogP contribution in [0.2, 0.25) is 0 Å². The largest absolute Gasteiger partial charge is 0.478 e. The molecule has 2 aromatic carbocycles. The number of carboxylic acid groups (broad SMARTS) is 1. The fraction of sp³-hybridized carbons (Fsp3) is 0.464. The van der Waals surface area contributed by atoms with Crippen LogP contribution in [0.25, 0.3) is 0 Å². The summed E-state index contributed by atoms with van der Waals surface area (Å²) in [7, 11) is 0. The number of carboxylic acids is 1. The molecule has 2 unspecified atom stereocenters. The Morgan fingerprint density at radius 3 is 2.33 bits per heavy atom. The van der Waals surface area contributed by atoms with Gasteiger partial charge in [-0.15, -0.1) is 0 Å². The van der Waals surface area contributed by atoms with Crippen molar-refractivity contribution in [1.29, 1.82) is 0 Å². The zero-order valence-corrected chi connectivity index (χ0v) is 20.4. The van der Waals surface area contributed by atoms with Crippen LogP contribution in [0, 0.1) is 11.8 Å². The second-order valence-corrected chi connectivity index (χ2v) is 9.90. The van der Waals surface area contributed by atoms with E-state index in [1.54, 1.807) is 12.1 Å². The van der Waals surface area contributed by atoms with Gasteiger partial charge in [0.15, 0.2) is 6.29 Å². The molecule has 3 rings (SSSR count). The second kappa shape index (κ2) is 9.59. The van der Waals surface area contributed by atoms with Crippen LogP contribution in [0.5, 0.6) is 5.75 Å². The summed E-state index contributed by atoms with van der Waals surface area (Å²) >= 11 is 0. The fourth-order valence-corrected chi connectivity index (χ4v) is 4.38. The zero-order valence-electron chi connectivity index (χ0n) is 20.4. The molecule has 0 aliphatic heterocycles. The summed E-state index contributed by atoms with van der Waals surface area (Å²) in [5.74, 6) is 5.59. The number of aliphatic hydroxyl groups is 1. The van der Waals surface area contributed by atoms with E-state index in [4.69, 9.17) is 14.6 Å². The van der Waals surface area contributed by atoms with E-state index in [2.05, 4.69) is 45.6 Å². The summed E-state index contributed by atoms with van der Waals surface area (Å²) in [6.45, 7) is 13.3. The van der Waals surface area contributed by atoms with Crippen LogP contribution in [0.3, 0.4) is 0 Å². The Labute approximate surface area is 196 Å². The highest BCUT2D eigenvalue weighted by atomic mass is 16.7. The van der Waals surface area contributed by atoms with Crippen molar-refractivity contribution < 1.29 is 24.5 Å². The zero-order chi connectivity index (χ0) is 24.4. The Morgan fingerprint density at radius 2 is 1.73 bits per heavy atom. The standard InChI is InChI=1S/C28H34O5/c1-7-32-18(2)33-24-17-21(16-22-25(24)28(5,6)15-14-27(22,3)4)23(29)13-10-19-8-11-20(12-9-19)26(30)31/h8-9,11-12,16-18,23,29H,7,14-15H2,1-6H3,(H,30,31). The number of rotatable bonds is 6. The highest BCUT2D eigenvalue weighted by Gasteiger charge is 2.40. The van der Waals surface area contributed by atoms with Gasteiger partial charge in [0.25, 0.3) is 0 Å². The van der Waals surface area contributed by atoms with Gasteiger partial charge in [-0.3, -0.25) is 0 Å². The molecule has 0 fully saturated rings. The molecule has 2 aromatic rings. The van der Waals surface area contributed by atoms with Crippen LogP contribution in [-0.2, 0) is 15.6 Å². The third-order valence-electron chi connectivity index (χ3n) is 6.40. The molecular weight excluding hydrogens is 416 g/mol. The molecule has 176 valence electrons. The molecule has 1 aliphatic rings. The molecule has 33 heavy (non-hydrogen) atoms. The van der Waals surface area contributed by atoms with Crippen LogP contribution in [0.4, 0.5) is 0 Å². The molecule has 2 N–H and O–H groups in total. The van der Waals surface area contributed by atoms with Crippen molar-refractivity contribution in [3.8, 4) is 17.6 Å². The van der Waals surface area contributed by atoms with Crippen molar-refractivity contribution in [2.24, 2.45) is 0 Å². The molecule has 0 heterocycles. The first-order valence-electron chi connectivity index (χ1n) is 11.4. The van der Waals surface area contributed by atoms with Crippen LogP contribution in [0.15, 0.2) is 36.4 Å². The normalized spacial score (nSPS) is 17.8. The van der Waals surface area contributed by atoms with Gasteiger partial charge in [-0.1, -0.05) is 45.6 Å². The summed E-state index contributed by atoms with van der Waals surface area (Å²) in [6, 6.07) is 10.2. The number of hydrogen-bond acceptors (Lipinski definition) is 4. The maximum Gasteiger partial charge on any atom is 0.335 e. The van der Waals surface area contributed by atoms with Crippen LogP contribution in [-0.4, -0.2) is 29.1 Å². The quantitative estimate of drug-likeness (QED) is 0.444. The van der Waals surface area contributed by atoms with Gasteiger partial charge >= 0.3 is 5.97 Å². The smallest absolute Gasteiger partial charge is 0.335 e. The first-order valence-corrected chi connectivity index (χ1v) is 11.4. The van der Waals surface area contributed by atoms with Crippen molar-refractivity contribution in [2.75, 3.05) is 6.61 Å². The third kappa shape index (κ3) is 5.58. The lowest BCUT2D eigenvalue weighted by Gasteiger charge is -2.43. The van der Waals surface area contributed by atoms with E-state index in [0.717, 1.165) is 18.6 Å².